The van der Waals surface area contributed by atoms with Gasteiger partial charge in [-0.05, 0) is 35.5 Å². The molecule has 0 saturated heterocycles. The Morgan fingerprint density at radius 2 is 2.05 bits per heavy atom. The molecule has 0 radical (unpaired) electrons. The van der Waals surface area contributed by atoms with Gasteiger partial charge in [0.2, 0.25) is 0 Å². The molecule has 0 fully saturated rings. The van der Waals surface area contributed by atoms with Crippen molar-refractivity contribution in [2.24, 2.45) is 0 Å². The Morgan fingerprint density at radius 1 is 1.23 bits per heavy atom. The Labute approximate surface area is 137 Å². The van der Waals surface area contributed by atoms with Gasteiger partial charge in [-0.1, -0.05) is 24.3 Å². The lowest BCUT2D eigenvalue weighted by molar-refractivity contribution is 0.813. The molecule has 3 aromatic rings. The van der Waals surface area contributed by atoms with Crippen molar-refractivity contribution in [1.82, 2.24) is 19.9 Å². The molecular formula is C16H18BrN5. The van der Waals surface area contributed by atoms with E-state index in [9.17, 15) is 0 Å². The minimum absolute atomic E-state index is 0.813. The van der Waals surface area contributed by atoms with Gasteiger partial charge in [0.05, 0.1) is 16.4 Å². The molecule has 2 heterocycles. The normalized spacial score (nSPS) is 11.0. The van der Waals surface area contributed by atoms with Crippen molar-refractivity contribution in [3.8, 4) is 11.3 Å². The Bertz CT molecular complexity index is 796. The number of anilines is 1. The average molecular weight is 360 g/mol. The molecule has 2 aromatic heterocycles. The largest absolute Gasteiger partial charge is 0.369 e. The molecule has 0 atom stereocenters. The van der Waals surface area contributed by atoms with Crippen LogP contribution in [0.3, 0.4) is 0 Å². The summed E-state index contributed by atoms with van der Waals surface area (Å²) in [4.78, 5) is 4.75. The lowest BCUT2D eigenvalue weighted by atomic mass is 10.1. The monoisotopic (exact) mass is 359 g/mol. The zero-order chi connectivity index (χ0) is 15.5. The Morgan fingerprint density at radius 3 is 2.82 bits per heavy atom. The topological polar surface area (TPSA) is 54.2 Å². The molecule has 3 rings (SSSR count). The Kier molecular flexibility index (Phi) is 4.40. The molecule has 6 heteroatoms. The maximum absolute atomic E-state index is 4.75. The van der Waals surface area contributed by atoms with E-state index in [0.717, 1.165) is 40.3 Å². The lowest BCUT2D eigenvalue weighted by Gasteiger charge is -2.11. The molecule has 0 unspecified atom stereocenters. The number of hydrogen-bond donors (Lipinski definition) is 2. The molecule has 22 heavy (non-hydrogen) atoms. The minimum Gasteiger partial charge on any atom is -0.369 e. The van der Waals surface area contributed by atoms with Crippen molar-refractivity contribution in [2.75, 3.05) is 25.5 Å². The number of nitrogens with one attached hydrogen (secondary N) is 2. The van der Waals surface area contributed by atoms with E-state index < -0.39 is 0 Å². The number of aryl methyl sites for hydroxylation is 1. The summed E-state index contributed by atoms with van der Waals surface area (Å²) in [6.45, 7) is 3.80. The molecule has 0 aliphatic carbocycles. The van der Waals surface area contributed by atoms with Crippen LogP contribution in [0.5, 0.6) is 0 Å². The highest BCUT2D eigenvalue weighted by atomic mass is 79.9. The number of nitrogens with zero attached hydrogens (tertiary/aromatic N) is 3. The van der Waals surface area contributed by atoms with E-state index in [1.165, 1.54) is 5.56 Å². The maximum atomic E-state index is 4.75. The van der Waals surface area contributed by atoms with Crippen LogP contribution in [0.4, 0.5) is 5.82 Å². The summed E-state index contributed by atoms with van der Waals surface area (Å²) in [7, 11) is 1.94. The van der Waals surface area contributed by atoms with Gasteiger partial charge in [0.25, 0.3) is 0 Å². The second kappa shape index (κ2) is 6.46. The van der Waals surface area contributed by atoms with E-state index in [-0.39, 0.29) is 0 Å². The molecule has 114 valence electrons. The first kappa shape index (κ1) is 15.0. The Balaban J connectivity index is 2.11. The lowest BCUT2D eigenvalue weighted by Crippen LogP contribution is -2.19. The highest BCUT2D eigenvalue weighted by Gasteiger charge is 2.12. The number of halogens is 1. The van der Waals surface area contributed by atoms with Crippen LogP contribution >= 0.6 is 15.9 Å². The van der Waals surface area contributed by atoms with Gasteiger partial charge >= 0.3 is 0 Å². The van der Waals surface area contributed by atoms with E-state index in [0.29, 0.717) is 0 Å². The van der Waals surface area contributed by atoms with Crippen LogP contribution in [0.25, 0.3) is 16.9 Å². The van der Waals surface area contributed by atoms with Crippen molar-refractivity contribution < 1.29 is 0 Å². The summed E-state index contributed by atoms with van der Waals surface area (Å²) >= 11 is 3.52. The first-order valence-electron chi connectivity index (χ1n) is 7.19. The van der Waals surface area contributed by atoms with Crippen LogP contribution < -0.4 is 10.6 Å². The van der Waals surface area contributed by atoms with Gasteiger partial charge in [-0.2, -0.15) is 9.61 Å². The smallest absolute Gasteiger partial charge is 0.172 e. The van der Waals surface area contributed by atoms with Crippen molar-refractivity contribution >= 4 is 27.4 Å². The number of likely N-dealkylation sites (N-methyl/N-ethyl adjacent to an activating group) is 1. The Hall–Kier alpha value is -1.92. The van der Waals surface area contributed by atoms with Gasteiger partial charge in [0.15, 0.2) is 5.65 Å². The second-order valence-electron chi connectivity index (χ2n) is 5.10. The van der Waals surface area contributed by atoms with Crippen molar-refractivity contribution in [1.29, 1.82) is 0 Å². The van der Waals surface area contributed by atoms with E-state index in [1.807, 2.05) is 29.8 Å². The van der Waals surface area contributed by atoms with Gasteiger partial charge in [0.1, 0.15) is 5.82 Å². The number of hydrogen-bond acceptors (Lipinski definition) is 4. The molecule has 0 aliphatic rings. The van der Waals surface area contributed by atoms with Crippen molar-refractivity contribution in [3.05, 3.63) is 46.6 Å². The van der Waals surface area contributed by atoms with Crippen LogP contribution in [0.1, 0.15) is 5.56 Å². The van der Waals surface area contributed by atoms with Crippen LogP contribution in [-0.2, 0) is 0 Å². The summed E-state index contributed by atoms with van der Waals surface area (Å²) in [5, 5.41) is 10.9. The molecule has 1 aromatic carbocycles. The van der Waals surface area contributed by atoms with Gasteiger partial charge in [-0.3, -0.25) is 0 Å². The van der Waals surface area contributed by atoms with Gasteiger partial charge in [-0.25, -0.2) is 4.98 Å². The van der Waals surface area contributed by atoms with Gasteiger partial charge < -0.3 is 10.6 Å². The summed E-state index contributed by atoms with van der Waals surface area (Å²) in [6, 6.07) is 10.3. The summed E-state index contributed by atoms with van der Waals surface area (Å²) in [5.74, 6) is 0.934. The van der Waals surface area contributed by atoms with E-state index >= 15 is 0 Å². The first-order valence-corrected chi connectivity index (χ1v) is 7.99. The molecule has 2 N–H and O–H groups in total. The zero-order valence-corrected chi connectivity index (χ0v) is 14.2. The highest BCUT2D eigenvalue weighted by molar-refractivity contribution is 9.10. The van der Waals surface area contributed by atoms with Crippen LogP contribution in [0, 0.1) is 6.92 Å². The number of aromatic nitrogens is 3. The molecule has 0 saturated carbocycles. The quantitative estimate of drug-likeness (QED) is 0.687. The predicted octanol–water partition coefficient (Wildman–Crippen LogP) is 3.10. The first-order chi connectivity index (χ1) is 10.7. The molecule has 0 bridgehead atoms. The molecule has 5 nitrogen and oxygen atoms in total. The third-order valence-corrected chi connectivity index (χ3v) is 4.09. The fourth-order valence-electron chi connectivity index (χ4n) is 2.38. The summed E-state index contributed by atoms with van der Waals surface area (Å²) < 4.78 is 2.71. The van der Waals surface area contributed by atoms with Crippen molar-refractivity contribution in [3.63, 3.8) is 0 Å². The third kappa shape index (κ3) is 2.84. The van der Waals surface area contributed by atoms with Gasteiger partial charge in [0, 0.05) is 24.7 Å². The SMILES string of the molecule is CNCCNc1cc(-c2ccccc2C)nc2c(Br)cnn12. The average Bonchev–Trinajstić information content (AvgIpc) is 2.90. The van der Waals surface area contributed by atoms with E-state index in [1.54, 1.807) is 6.20 Å². The van der Waals surface area contributed by atoms with E-state index in [4.69, 9.17) is 4.98 Å². The molecule has 0 spiro atoms. The number of fused-ring (bicyclic) bond motifs is 1. The fraction of sp³-hybridized carbons (Fsp3) is 0.250. The maximum Gasteiger partial charge on any atom is 0.172 e. The second-order valence-corrected chi connectivity index (χ2v) is 5.95. The minimum atomic E-state index is 0.813. The molecule has 0 aliphatic heterocycles. The van der Waals surface area contributed by atoms with Crippen LogP contribution in [0.15, 0.2) is 41.0 Å². The van der Waals surface area contributed by atoms with Gasteiger partial charge in [-0.15, -0.1) is 0 Å². The summed E-state index contributed by atoms with van der Waals surface area (Å²) in [6.07, 6.45) is 1.77. The number of benzene rings is 1. The summed E-state index contributed by atoms with van der Waals surface area (Å²) in [5.41, 5.74) is 4.09. The molecular weight excluding hydrogens is 342 g/mol. The predicted molar refractivity (Wildman–Crippen MR) is 93.3 cm³/mol. The third-order valence-electron chi connectivity index (χ3n) is 3.53. The fourth-order valence-corrected chi connectivity index (χ4v) is 2.72. The standard InChI is InChI=1S/C16H18BrN5/c1-11-5-3-4-6-12(11)14-9-15(19-8-7-18-2)22-16(21-14)13(17)10-20-22/h3-6,9-10,18-19H,7-8H2,1-2H3. The number of rotatable bonds is 5. The highest BCUT2D eigenvalue weighted by Crippen LogP contribution is 2.27. The van der Waals surface area contributed by atoms with Crippen LogP contribution in [0.2, 0.25) is 0 Å². The zero-order valence-electron chi connectivity index (χ0n) is 12.6. The van der Waals surface area contributed by atoms with Crippen molar-refractivity contribution in [2.45, 2.75) is 6.92 Å². The van der Waals surface area contributed by atoms with Crippen LogP contribution in [-0.4, -0.2) is 34.7 Å². The van der Waals surface area contributed by atoms with E-state index in [2.05, 4.69) is 50.7 Å². The molecule has 0 amide bonds.